The van der Waals surface area contributed by atoms with Gasteiger partial charge in [-0.1, -0.05) is 13.0 Å². The Kier molecular flexibility index (Phi) is 3.91. The smallest absolute Gasteiger partial charge is 0.198 e. The monoisotopic (exact) mass is 378 g/mol. The molecule has 4 nitrogen and oxygen atoms in total. The lowest BCUT2D eigenvalue weighted by atomic mass is 9.45. The van der Waals surface area contributed by atoms with Crippen LogP contribution in [0.1, 0.15) is 39.5 Å². The topological polar surface area (TPSA) is 71.4 Å². The molecule has 0 radical (unpaired) electrons. The van der Waals surface area contributed by atoms with Crippen LogP contribution in [0.4, 0.5) is 8.78 Å². The van der Waals surface area contributed by atoms with E-state index in [1.165, 1.54) is 12.2 Å². The highest BCUT2D eigenvalue weighted by molar-refractivity contribution is 6.26. The zero-order chi connectivity index (χ0) is 19.8. The van der Waals surface area contributed by atoms with Crippen LogP contribution in [0.25, 0.3) is 0 Å². The number of halogens is 2. The molecule has 0 bridgehead atoms. The number of carbonyl (C=O) groups is 3. The maximum absolute atomic E-state index is 16.7. The summed E-state index contributed by atoms with van der Waals surface area (Å²) in [7, 11) is 0. The third-order valence-corrected chi connectivity index (χ3v) is 8.09. The van der Waals surface area contributed by atoms with E-state index in [0.717, 1.165) is 6.08 Å². The lowest BCUT2D eigenvalue weighted by molar-refractivity contribution is -0.201. The maximum atomic E-state index is 16.7. The summed E-state index contributed by atoms with van der Waals surface area (Å²) in [4.78, 5) is 35.0. The molecule has 1 N–H and O–H groups in total. The van der Waals surface area contributed by atoms with Crippen molar-refractivity contribution in [1.29, 1.82) is 0 Å². The van der Waals surface area contributed by atoms with E-state index in [9.17, 15) is 19.5 Å². The summed E-state index contributed by atoms with van der Waals surface area (Å²) in [6, 6.07) is 0. The largest absolute Gasteiger partial charge is 0.390 e. The number of allylic oxidation sites excluding steroid dienone is 4. The van der Waals surface area contributed by atoms with E-state index in [4.69, 9.17) is 0 Å². The van der Waals surface area contributed by atoms with Crippen molar-refractivity contribution in [2.45, 2.75) is 57.5 Å². The molecular weight excluding hydrogens is 354 g/mol. The number of aldehydes is 1. The normalized spacial score (nSPS) is 51.1. The van der Waals surface area contributed by atoms with Crippen LogP contribution in [-0.2, 0) is 14.4 Å². The van der Waals surface area contributed by atoms with Crippen molar-refractivity contribution in [3.8, 4) is 0 Å². The predicted molar refractivity (Wildman–Crippen MR) is 93.2 cm³/mol. The molecule has 0 amide bonds. The summed E-state index contributed by atoms with van der Waals surface area (Å²) < 4.78 is 31.8. The number of hydrogen-bond donors (Lipinski definition) is 1. The molecule has 0 aromatic rings. The molecule has 4 aliphatic rings. The van der Waals surface area contributed by atoms with Gasteiger partial charge in [-0.3, -0.25) is 14.4 Å². The highest BCUT2D eigenvalue weighted by atomic mass is 19.1. The highest BCUT2D eigenvalue weighted by Gasteiger charge is 2.72. The fourth-order valence-electron chi connectivity index (χ4n) is 6.75. The van der Waals surface area contributed by atoms with Gasteiger partial charge in [0.1, 0.15) is 6.17 Å². The van der Waals surface area contributed by atoms with E-state index in [0.29, 0.717) is 19.1 Å². The van der Waals surface area contributed by atoms with E-state index in [1.54, 1.807) is 6.92 Å². The molecule has 146 valence electrons. The first-order valence-electron chi connectivity index (χ1n) is 9.55. The SMILES string of the molecule is CC12CC(O)C3(F)C(CC(F)C4=CC(=O)C=CC43C)C1CCC2C(=O)C=O. The minimum Gasteiger partial charge on any atom is -0.390 e. The molecule has 0 aliphatic heterocycles. The minimum atomic E-state index is -2.12. The van der Waals surface area contributed by atoms with Crippen molar-refractivity contribution in [3.63, 3.8) is 0 Å². The average Bonchev–Trinajstić information content (AvgIpc) is 2.95. The van der Waals surface area contributed by atoms with Crippen molar-refractivity contribution >= 4 is 17.9 Å². The third-order valence-electron chi connectivity index (χ3n) is 8.09. The molecule has 27 heavy (non-hydrogen) atoms. The Morgan fingerprint density at radius 2 is 2.00 bits per heavy atom. The zero-order valence-electron chi connectivity index (χ0n) is 15.5. The summed E-state index contributed by atoms with van der Waals surface area (Å²) >= 11 is 0. The van der Waals surface area contributed by atoms with Crippen LogP contribution in [0.2, 0.25) is 0 Å². The van der Waals surface area contributed by atoms with E-state index >= 15 is 8.78 Å². The van der Waals surface area contributed by atoms with Crippen LogP contribution in [0.5, 0.6) is 0 Å². The molecule has 0 heterocycles. The molecule has 0 aromatic carbocycles. The van der Waals surface area contributed by atoms with Gasteiger partial charge in [0.25, 0.3) is 0 Å². The molecule has 4 rings (SSSR count). The molecule has 0 saturated heterocycles. The number of hydrogen-bond acceptors (Lipinski definition) is 4. The summed E-state index contributed by atoms with van der Waals surface area (Å²) in [6.07, 6.45) is 2.10. The molecule has 8 unspecified atom stereocenters. The molecule has 3 fully saturated rings. The van der Waals surface area contributed by atoms with Crippen LogP contribution in [0.15, 0.2) is 23.8 Å². The van der Waals surface area contributed by atoms with Gasteiger partial charge in [-0.05, 0) is 61.7 Å². The highest BCUT2D eigenvalue weighted by Crippen LogP contribution is 2.69. The number of rotatable bonds is 2. The summed E-state index contributed by atoms with van der Waals surface area (Å²) in [5.41, 5.74) is -4.17. The minimum absolute atomic E-state index is 0.0382. The second-order valence-corrected chi connectivity index (χ2v) is 9.10. The molecule has 0 aromatic heterocycles. The zero-order valence-corrected chi connectivity index (χ0v) is 15.5. The Balaban J connectivity index is 1.82. The number of ketones is 2. The lowest BCUT2D eigenvalue weighted by Gasteiger charge is -2.62. The van der Waals surface area contributed by atoms with E-state index < -0.39 is 46.4 Å². The van der Waals surface area contributed by atoms with Crippen molar-refractivity contribution in [3.05, 3.63) is 23.8 Å². The summed E-state index contributed by atoms with van der Waals surface area (Å²) in [6.45, 7) is 3.37. The second kappa shape index (κ2) is 5.66. The molecule has 4 aliphatic carbocycles. The quantitative estimate of drug-likeness (QED) is 0.592. The second-order valence-electron chi connectivity index (χ2n) is 9.10. The van der Waals surface area contributed by atoms with Gasteiger partial charge < -0.3 is 5.11 Å². The molecule has 8 atom stereocenters. The third kappa shape index (κ3) is 2.13. The Morgan fingerprint density at radius 3 is 2.67 bits per heavy atom. The van der Waals surface area contributed by atoms with Gasteiger partial charge in [0, 0.05) is 17.3 Å². The standard InChI is InChI=1S/C21H24F2O4/c1-19-9-18(27)21(23)14(12(19)3-4-13(19)17(26)10-24)8-16(22)15-7-11(25)5-6-20(15,21)2/h5-7,10,12-14,16,18,27H,3-4,8-9H2,1-2H3. The van der Waals surface area contributed by atoms with Gasteiger partial charge in [0.15, 0.2) is 23.5 Å². The number of aliphatic hydroxyl groups excluding tert-OH is 1. The maximum Gasteiger partial charge on any atom is 0.198 e. The van der Waals surface area contributed by atoms with Crippen LogP contribution >= 0.6 is 0 Å². The Morgan fingerprint density at radius 1 is 1.30 bits per heavy atom. The van der Waals surface area contributed by atoms with Gasteiger partial charge in [0.2, 0.25) is 0 Å². The van der Waals surface area contributed by atoms with Crippen molar-refractivity contribution < 1.29 is 28.3 Å². The van der Waals surface area contributed by atoms with Gasteiger partial charge in [-0.15, -0.1) is 0 Å². The number of alkyl halides is 2. The fraction of sp³-hybridized carbons (Fsp3) is 0.667. The Labute approximate surface area is 156 Å². The number of fused-ring (bicyclic) bond motifs is 5. The fourth-order valence-corrected chi connectivity index (χ4v) is 6.75. The molecule has 6 heteroatoms. The first-order chi connectivity index (χ1) is 12.6. The number of Topliss-reactive ketones (excluding diaryl/α,β-unsaturated/α-hetero) is 1. The summed E-state index contributed by atoms with van der Waals surface area (Å²) in [5, 5.41) is 11.0. The molecule has 3 saturated carbocycles. The van der Waals surface area contributed by atoms with E-state index in [1.807, 2.05) is 6.92 Å². The van der Waals surface area contributed by atoms with Crippen molar-refractivity contribution in [1.82, 2.24) is 0 Å². The number of aliphatic hydroxyl groups is 1. The van der Waals surface area contributed by atoms with E-state index in [-0.39, 0.29) is 30.1 Å². The Hall–Kier alpha value is -1.69. The van der Waals surface area contributed by atoms with Gasteiger partial charge in [-0.25, -0.2) is 8.78 Å². The molecular formula is C21H24F2O4. The van der Waals surface area contributed by atoms with Crippen LogP contribution in [-0.4, -0.2) is 40.9 Å². The van der Waals surface area contributed by atoms with Crippen LogP contribution < -0.4 is 0 Å². The Bertz CT molecular complexity index is 789. The molecule has 0 spiro atoms. The van der Waals surface area contributed by atoms with Crippen molar-refractivity contribution in [2.75, 3.05) is 0 Å². The predicted octanol–water partition coefficient (Wildman–Crippen LogP) is 2.69. The average molecular weight is 378 g/mol. The first-order valence-corrected chi connectivity index (χ1v) is 9.55. The van der Waals surface area contributed by atoms with Gasteiger partial charge in [-0.2, -0.15) is 0 Å². The van der Waals surface area contributed by atoms with Gasteiger partial charge in [0.05, 0.1) is 6.10 Å². The number of carbonyl (C=O) groups excluding carboxylic acids is 3. The van der Waals surface area contributed by atoms with E-state index in [2.05, 4.69) is 0 Å². The first kappa shape index (κ1) is 18.7. The summed E-state index contributed by atoms with van der Waals surface area (Å²) in [5.74, 6) is -2.56. The van der Waals surface area contributed by atoms with Crippen molar-refractivity contribution in [2.24, 2.45) is 28.6 Å². The van der Waals surface area contributed by atoms with Crippen LogP contribution in [0, 0.1) is 28.6 Å². The lowest BCUT2D eigenvalue weighted by Crippen LogP contribution is -2.68. The van der Waals surface area contributed by atoms with Crippen LogP contribution in [0.3, 0.4) is 0 Å². The van der Waals surface area contributed by atoms with Gasteiger partial charge >= 0.3 is 0 Å².